The van der Waals surface area contributed by atoms with Crippen LogP contribution < -0.4 is 0 Å². The van der Waals surface area contributed by atoms with Crippen LogP contribution in [0.2, 0.25) is 0 Å². The van der Waals surface area contributed by atoms with E-state index in [2.05, 4.69) is 62.3 Å². The Labute approximate surface area is 132 Å². The van der Waals surface area contributed by atoms with Crippen molar-refractivity contribution in [2.75, 3.05) is 0 Å². The summed E-state index contributed by atoms with van der Waals surface area (Å²) < 4.78 is 0. The Morgan fingerprint density at radius 1 is 0.800 bits per heavy atom. The predicted molar refractivity (Wildman–Crippen MR) is 98.5 cm³/mol. The number of hydrogen-bond donors (Lipinski definition) is 0. The highest BCUT2D eigenvalue weighted by Gasteiger charge is 2.33. The Hall–Kier alpha value is 0. The van der Waals surface area contributed by atoms with Gasteiger partial charge in [0, 0.05) is 0 Å². The van der Waals surface area contributed by atoms with E-state index in [4.69, 9.17) is 0 Å². The summed E-state index contributed by atoms with van der Waals surface area (Å²) in [6, 6.07) is 0. The number of rotatable bonds is 5. The van der Waals surface area contributed by atoms with Gasteiger partial charge >= 0.3 is 0 Å². The van der Waals surface area contributed by atoms with Crippen LogP contribution in [0.15, 0.2) is 0 Å². The van der Waals surface area contributed by atoms with Crippen LogP contribution in [0.1, 0.15) is 114 Å². The number of unbranched alkanes of at least 4 members (excludes halogenated alkanes) is 1. The van der Waals surface area contributed by atoms with E-state index in [1.807, 2.05) is 0 Å². The molecule has 1 fully saturated rings. The van der Waals surface area contributed by atoms with Gasteiger partial charge in [0.25, 0.3) is 0 Å². The Bertz CT molecular complexity index is 135. The number of hydrogen-bond acceptors (Lipinski definition) is 0. The van der Waals surface area contributed by atoms with Crippen molar-refractivity contribution in [3.63, 3.8) is 0 Å². The summed E-state index contributed by atoms with van der Waals surface area (Å²) in [4.78, 5) is 0. The van der Waals surface area contributed by atoms with E-state index in [-0.39, 0.29) is 0 Å². The molecule has 2 unspecified atom stereocenters. The highest BCUT2D eigenvalue weighted by molar-refractivity contribution is 4.84. The van der Waals surface area contributed by atoms with Crippen molar-refractivity contribution >= 4 is 0 Å². The van der Waals surface area contributed by atoms with Gasteiger partial charge in [-0.1, -0.05) is 107 Å². The quantitative estimate of drug-likeness (QED) is 0.479. The molecule has 126 valence electrons. The summed E-state index contributed by atoms with van der Waals surface area (Å²) >= 11 is 0. The van der Waals surface area contributed by atoms with E-state index in [1.165, 1.54) is 51.4 Å². The maximum absolute atomic E-state index is 2.32. The van der Waals surface area contributed by atoms with Crippen molar-refractivity contribution in [2.24, 2.45) is 17.8 Å². The van der Waals surface area contributed by atoms with Crippen LogP contribution in [0.5, 0.6) is 0 Å². The monoisotopic (exact) mass is 286 g/mol. The molecule has 1 saturated carbocycles. The molecule has 20 heavy (non-hydrogen) atoms. The topological polar surface area (TPSA) is 0 Å². The van der Waals surface area contributed by atoms with Crippen molar-refractivity contribution < 1.29 is 0 Å². The molecule has 1 aliphatic carbocycles. The zero-order valence-electron chi connectivity index (χ0n) is 16.4. The first kappa shape index (κ1) is 25.0. The third kappa shape index (κ3) is 26.5. The molecule has 0 aliphatic heterocycles. The maximum Gasteiger partial charge on any atom is -0.0383 e. The minimum absolute atomic E-state index is 0.884. The lowest BCUT2D eigenvalue weighted by Crippen LogP contribution is -1.80. The van der Waals surface area contributed by atoms with E-state index in [9.17, 15) is 0 Å². The summed E-state index contributed by atoms with van der Waals surface area (Å²) in [5.74, 6) is 3.14. The normalized spacial score (nSPS) is 18.9. The van der Waals surface area contributed by atoms with E-state index >= 15 is 0 Å². The van der Waals surface area contributed by atoms with Crippen LogP contribution in [0.3, 0.4) is 0 Å². The van der Waals surface area contributed by atoms with Gasteiger partial charge in [-0.25, -0.2) is 0 Å². The minimum atomic E-state index is 0.884. The molecule has 0 saturated heterocycles. The molecule has 0 nitrogen and oxygen atoms in total. The molecular weight excluding hydrogens is 240 g/mol. The lowest BCUT2D eigenvalue weighted by Gasteiger charge is -1.93. The second-order valence-electron chi connectivity index (χ2n) is 6.52. The molecule has 1 aliphatic rings. The van der Waals surface area contributed by atoms with Crippen molar-refractivity contribution in [1.29, 1.82) is 0 Å². The minimum Gasteiger partial charge on any atom is -0.0656 e. The average Bonchev–Trinajstić information content (AvgIpc) is 3.17. The molecule has 0 aromatic carbocycles. The molecule has 0 aromatic heterocycles. The van der Waals surface area contributed by atoms with Crippen molar-refractivity contribution in [2.45, 2.75) is 114 Å². The van der Waals surface area contributed by atoms with E-state index in [0.717, 1.165) is 17.8 Å². The lowest BCUT2D eigenvalue weighted by atomic mass is 10.1. The van der Waals surface area contributed by atoms with Gasteiger partial charge in [-0.15, -0.1) is 0 Å². The SMILES string of the molecule is CCC.CCC.CCC(C)C.CCCCC1CC1CC. The van der Waals surface area contributed by atoms with Crippen LogP contribution in [0.25, 0.3) is 0 Å². The second kappa shape index (κ2) is 21.3. The van der Waals surface area contributed by atoms with Crippen molar-refractivity contribution in [3.05, 3.63) is 0 Å². The fourth-order valence-electron chi connectivity index (χ4n) is 1.63. The van der Waals surface area contributed by atoms with Crippen LogP contribution in [-0.4, -0.2) is 0 Å². The zero-order chi connectivity index (χ0) is 16.4. The van der Waals surface area contributed by atoms with Crippen molar-refractivity contribution in [1.82, 2.24) is 0 Å². The molecule has 0 spiro atoms. The standard InChI is InChI=1S/C9H18.C5H12.2C3H8/c1-3-5-6-9-7-8(9)4-2;1-4-5(2)3;2*1-3-2/h8-9H,3-7H2,1-2H3;5H,4H2,1-3H3;2*3H2,1-2H3. The van der Waals surface area contributed by atoms with Gasteiger partial charge in [-0.05, 0) is 24.2 Å². The van der Waals surface area contributed by atoms with Gasteiger partial charge in [0.1, 0.15) is 0 Å². The first-order valence-corrected chi connectivity index (χ1v) is 9.48. The van der Waals surface area contributed by atoms with Crippen LogP contribution >= 0.6 is 0 Å². The molecule has 0 heteroatoms. The van der Waals surface area contributed by atoms with Crippen molar-refractivity contribution in [3.8, 4) is 0 Å². The molecule has 0 bridgehead atoms. The third-order valence-corrected chi connectivity index (χ3v) is 3.34. The van der Waals surface area contributed by atoms with E-state index in [0.29, 0.717) is 0 Å². The van der Waals surface area contributed by atoms with Gasteiger partial charge in [-0.2, -0.15) is 0 Å². The third-order valence-electron chi connectivity index (χ3n) is 3.34. The Kier molecular flexibility index (Phi) is 26.6. The molecular formula is C20H46. The van der Waals surface area contributed by atoms with Crippen LogP contribution in [0.4, 0.5) is 0 Å². The average molecular weight is 287 g/mol. The van der Waals surface area contributed by atoms with Gasteiger partial charge in [-0.3, -0.25) is 0 Å². The van der Waals surface area contributed by atoms with Gasteiger partial charge in [0.15, 0.2) is 0 Å². The van der Waals surface area contributed by atoms with E-state index in [1.54, 1.807) is 0 Å². The Morgan fingerprint density at radius 3 is 1.40 bits per heavy atom. The summed E-state index contributed by atoms with van der Waals surface area (Å²) in [5, 5.41) is 0. The van der Waals surface area contributed by atoms with Gasteiger partial charge in [0.2, 0.25) is 0 Å². The fraction of sp³-hybridized carbons (Fsp3) is 1.00. The molecule has 0 amide bonds. The lowest BCUT2D eigenvalue weighted by molar-refractivity contribution is 0.594. The molecule has 0 N–H and O–H groups in total. The first-order valence-electron chi connectivity index (χ1n) is 9.48. The summed E-state index contributed by atoms with van der Waals surface area (Å²) in [7, 11) is 0. The van der Waals surface area contributed by atoms with Gasteiger partial charge < -0.3 is 0 Å². The smallest absolute Gasteiger partial charge is 0.0383 e. The zero-order valence-corrected chi connectivity index (χ0v) is 16.4. The predicted octanol–water partition coefficient (Wildman–Crippen LogP) is 8.11. The highest BCUT2D eigenvalue weighted by atomic mass is 14.4. The van der Waals surface area contributed by atoms with E-state index < -0.39 is 0 Å². The second-order valence-corrected chi connectivity index (χ2v) is 6.52. The molecule has 2 atom stereocenters. The van der Waals surface area contributed by atoms with Crippen LogP contribution in [-0.2, 0) is 0 Å². The maximum atomic E-state index is 2.32. The Morgan fingerprint density at radius 2 is 1.20 bits per heavy atom. The molecule has 0 radical (unpaired) electrons. The van der Waals surface area contributed by atoms with Crippen LogP contribution in [0, 0.1) is 17.8 Å². The molecule has 1 rings (SSSR count). The molecule has 0 heterocycles. The van der Waals surface area contributed by atoms with Gasteiger partial charge in [0.05, 0.1) is 0 Å². The fourth-order valence-corrected chi connectivity index (χ4v) is 1.63. The summed E-state index contributed by atoms with van der Waals surface area (Å²) in [5.41, 5.74) is 0. The largest absolute Gasteiger partial charge is 0.0656 e. The summed E-state index contributed by atoms with van der Waals surface area (Å²) in [6.07, 6.45) is 11.1. The summed E-state index contributed by atoms with van der Waals surface area (Å²) in [6.45, 7) is 19.7. The highest BCUT2D eigenvalue weighted by Crippen LogP contribution is 2.44. The Balaban J connectivity index is -0.000000224. The first-order chi connectivity index (χ1) is 9.48. The molecule has 0 aromatic rings.